The molecule has 0 bridgehead atoms. The zero-order chi connectivity index (χ0) is 14.3. The van der Waals surface area contributed by atoms with E-state index in [0.717, 1.165) is 23.4 Å². The molecule has 0 saturated heterocycles. The van der Waals surface area contributed by atoms with Crippen LogP contribution in [0, 0.1) is 6.92 Å². The lowest BCUT2D eigenvalue weighted by molar-refractivity contribution is -0.116. The highest BCUT2D eigenvalue weighted by atomic mass is 16.5. The van der Waals surface area contributed by atoms with Gasteiger partial charge in [0.1, 0.15) is 11.4 Å². The van der Waals surface area contributed by atoms with E-state index in [9.17, 15) is 4.79 Å². The molecule has 3 rings (SSSR count). The summed E-state index contributed by atoms with van der Waals surface area (Å²) in [6.45, 7) is 1.84. The SMILES string of the molecule is Cc1nn(C)c(Oc2ccc3c(c2)CCC(=O)N3)c1N. The van der Waals surface area contributed by atoms with E-state index in [2.05, 4.69) is 10.4 Å². The number of fused-ring (bicyclic) bond motifs is 1. The van der Waals surface area contributed by atoms with E-state index >= 15 is 0 Å². The van der Waals surface area contributed by atoms with Crippen LogP contribution < -0.4 is 15.8 Å². The van der Waals surface area contributed by atoms with E-state index in [0.29, 0.717) is 23.7 Å². The Morgan fingerprint density at radius 1 is 1.40 bits per heavy atom. The highest BCUT2D eigenvalue weighted by molar-refractivity contribution is 5.94. The average molecular weight is 272 g/mol. The third-order valence-corrected chi connectivity index (χ3v) is 3.40. The number of amides is 1. The molecule has 1 aliphatic rings. The van der Waals surface area contributed by atoms with E-state index < -0.39 is 0 Å². The minimum atomic E-state index is 0.0534. The predicted molar refractivity (Wildman–Crippen MR) is 75.8 cm³/mol. The Bertz CT molecular complexity index is 691. The van der Waals surface area contributed by atoms with Crippen LogP contribution in [-0.2, 0) is 18.3 Å². The normalized spacial score (nSPS) is 13.8. The van der Waals surface area contributed by atoms with Crippen LogP contribution in [0.2, 0.25) is 0 Å². The standard InChI is InChI=1S/C14H16N4O2/c1-8-13(15)14(18(2)17-8)20-10-4-5-11-9(7-10)3-6-12(19)16-11/h4-5,7H,3,6,15H2,1-2H3,(H,16,19). The fourth-order valence-electron chi connectivity index (χ4n) is 2.31. The number of rotatable bonds is 2. The van der Waals surface area contributed by atoms with E-state index in [1.165, 1.54) is 0 Å². The summed E-state index contributed by atoms with van der Waals surface area (Å²) < 4.78 is 7.43. The molecule has 2 aromatic rings. The first-order chi connectivity index (χ1) is 9.54. The summed E-state index contributed by atoms with van der Waals surface area (Å²) in [5, 5.41) is 7.05. The summed E-state index contributed by atoms with van der Waals surface area (Å²) in [5.41, 5.74) is 9.14. The summed E-state index contributed by atoms with van der Waals surface area (Å²) in [6.07, 6.45) is 1.22. The topological polar surface area (TPSA) is 82.2 Å². The number of carbonyl (C=O) groups excluding carboxylic acids is 1. The first kappa shape index (κ1) is 12.5. The van der Waals surface area contributed by atoms with E-state index in [1.54, 1.807) is 11.7 Å². The lowest BCUT2D eigenvalue weighted by Crippen LogP contribution is -2.18. The van der Waals surface area contributed by atoms with E-state index in [-0.39, 0.29) is 5.91 Å². The molecule has 2 heterocycles. The lowest BCUT2D eigenvalue weighted by Gasteiger charge is -2.17. The van der Waals surface area contributed by atoms with Gasteiger partial charge in [-0.25, -0.2) is 4.68 Å². The van der Waals surface area contributed by atoms with Crippen LogP contribution >= 0.6 is 0 Å². The van der Waals surface area contributed by atoms with Gasteiger partial charge in [0.25, 0.3) is 0 Å². The number of nitrogens with zero attached hydrogens (tertiary/aromatic N) is 2. The van der Waals surface area contributed by atoms with Crippen LogP contribution in [-0.4, -0.2) is 15.7 Å². The van der Waals surface area contributed by atoms with Gasteiger partial charge in [0.2, 0.25) is 11.8 Å². The molecule has 0 aliphatic carbocycles. The number of benzene rings is 1. The van der Waals surface area contributed by atoms with Crippen LogP contribution in [0.4, 0.5) is 11.4 Å². The van der Waals surface area contributed by atoms with Crippen LogP contribution in [0.5, 0.6) is 11.6 Å². The Balaban J connectivity index is 1.90. The molecule has 20 heavy (non-hydrogen) atoms. The monoisotopic (exact) mass is 272 g/mol. The quantitative estimate of drug-likeness (QED) is 0.875. The Labute approximate surface area is 116 Å². The molecule has 0 atom stereocenters. The number of nitrogens with two attached hydrogens (primary N) is 1. The molecule has 0 spiro atoms. The second kappa shape index (κ2) is 4.56. The van der Waals surface area contributed by atoms with Gasteiger partial charge in [0.05, 0.1) is 5.69 Å². The maximum Gasteiger partial charge on any atom is 0.241 e. The fraction of sp³-hybridized carbons (Fsp3) is 0.286. The first-order valence-corrected chi connectivity index (χ1v) is 6.44. The average Bonchev–Trinajstić information content (AvgIpc) is 2.65. The third-order valence-electron chi connectivity index (χ3n) is 3.40. The number of anilines is 2. The number of carbonyl (C=O) groups is 1. The van der Waals surface area contributed by atoms with Gasteiger partial charge in [-0.2, -0.15) is 5.10 Å². The number of aryl methyl sites for hydroxylation is 3. The number of nitrogens with one attached hydrogen (secondary N) is 1. The Kier molecular flexibility index (Phi) is 2.85. The smallest absolute Gasteiger partial charge is 0.241 e. The number of hydrogen-bond acceptors (Lipinski definition) is 4. The zero-order valence-corrected chi connectivity index (χ0v) is 11.4. The second-order valence-electron chi connectivity index (χ2n) is 4.90. The van der Waals surface area contributed by atoms with Crippen molar-refractivity contribution in [3.8, 4) is 11.6 Å². The van der Waals surface area contributed by atoms with Crippen LogP contribution in [0.15, 0.2) is 18.2 Å². The zero-order valence-electron chi connectivity index (χ0n) is 11.4. The largest absolute Gasteiger partial charge is 0.437 e. The predicted octanol–water partition coefficient (Wildman–Crippen LogP) is 1.99. The van der Waals surface area contributed by atoms with Crippen molar-refractivity contribution >= 4 is 17.3 Å². The van der Waals surface area contributed by atoms with Crippen molar-refractivity contribution in [1.82, 2.24) is 9.78 Å². The summed E-state index contributed by atoms with van der Waals surface area (Å²) in [7, 11) is 1.79. The van der Waals surface area contributed by atoms with Crippen LogP contribution in [0.25, 0.3) is 0 Å². The fourth-order valence-corrected chi connectivity index (χ4v) is 2.31. The molecule has 0 saturated carbocycles. The number of nitrogen functional groups attached to an aromatic ring is 1. The summed E-state index contributed by atoms with van der Waals surface area (Å²) in [4.78, 5) is 11.3. The second-order valence-corrected chi connectivity index (χ2v) is 4.90. The molecular weight excluding hydrogens is 256 g/mol. The van der Waals surface area contributed by atoms with Crippen molar-refractivity contribution in [1.29, 1.82) is 0 Å². The maximum absolute atomic E-state index is 11.3. The van der Waals surface area contributed by atoms with Gasteiger partial charge in [0.15, 0.2) is 0 Å². The van der Waals surface area contributed by atoms with Crippen molar-refractivity contribution in [2.24, 2.45) is 7.05 Å². The molecule has 0 radical (unpaired) electrons. The van der Waals surface area contributed by atoms with Crippen LogP contribution in [0.1, 0.15) is 17.7 Å². The lowest BCUT2D eigenvalue weighted by atomic mass is 10.0. The summed E-state index contributed by atoms with van der Waals surface area (Å²) in [5.74, 6) is 1.27. The summed E-state index contributed by atoms with van der Waals surface area (Å²) in [6, 6.07) is 5.59. The van der Waals surface area contributed by atoms with Gasteiger partial charge in [0, 0.05) is 19.2 Å². The van der Waals surface area contributed by atoms with Crippen molar-refractivity contribution in [3.63, 3.8) is 0 Å². The molecule has 1 aromatic carbocycles. The molecule has 1 amide bonds. The van der Waals surface area contributed by atoms with Crippen molar-refractivity contribution in [3.05, 3.63) is 29.5 Å². The minimum Gasteiger partial charge on any atom is -0.437 e. The first-order valence-electron chi connectivity index (χ1n) is 6.44. The Morgan fingerprint density at radius 2 is 2.20 bits per heavy atom. The molecule has 6 nitrogen and oxygen atoms in total. The minimum absolute atomic E-state index is 0.0534. The Morgan fingerprint density at radius 3 is 2.90 bits per heavy atom. The molecule has 6 heteroatoms. The Hall–Kier alpha value is -2.50. The van der Waals surface area contributed by atoms with Gasteiger partial charge in [-0.05, 0) is 37.1 Å². The van der Waals surface area contributed by atoms with E-state index in [4.69, 9.17) is 10.5 Å². The van der Waals surface area contributed by atoms with Gasteiger partial charge in [-0.3, -0.25) is 4.79 Å². The van der Waals surface area contributed by atoms with Crippen molar-refractivity contribution in [2.75, 3.05) is 11.1 Å². The maximum atomic E-state index is 11.3. The molecule has 1 aromatic heterocycles. The van der Waals surface area contributed by atoms with Gasteiger partial charge in [-0.15, -0.1) is 0 Å². The van der Waals surface area contributed by atoms with Gasteiger partial charge >= 0.3 is 0 Å². The molecule has 0 unspecified atom stereocenters. The highest BCUT2D eigenvalue weighted by Crippen LogP contribution is 2.32. The molecule has 104 valence electrons. The molecular formula is C14H16N4O2. The van der Waals surface area contributed by atoms with Crippen molar-refractivity contribution < 1.29 is 9.53 Å². The third kappa shape index (κ3) is 2.09. The van der Waals surface area contributed by atoms with Crippen molar-refractivity contribution in [2.45, 2.75) is 19.8 Å². The number of ether oxygens (including phenoxy) is 1. The molecule has 0 fully saturated rings. The number of aromatic nitrogens is 2. The van der Waals surface area contributed by atoms with Gasteiger partial charge in [-0.1, -0.05) is 0 Å². The summed E-state index contributed by atoms with van der Waals surface area (Å²) >= 11 is 0. The van der Waals surface area contributed by atoms with E-state index in [1.807, 2.05) is 25.1 Å². The number of hydrogen-bond donors (Lipinski definition) is 2. The molecule has 3 N–H and O–H groups in total. The molecule has 1 aliphatic heterocycles. The van der Waals surface area contributed by atoms with Crippen LogP contribution in [0.3, 0.4) is 0 Å². The van der Waals surface area contributed by atoms with Gasteiger partial charge < -0.3 is 15.8 Å². The highest BCUT2D eigenvalue weighted by Gasteiger charge is 2.17.